The van der Waals surface area contributed by atoms with Crippen molar-refractivity contribution in [1.29, 1.82) is 0 Å². The van der Waals surface area contributed by atoms with Crippen molar-refractivity contribution in [3.8, 4) is 0 Å². The normalized spacial score (nSPS) is 9.46. The minimum absolute atomic E-state index is 0.0703. The Morgan fingerprint density at radius 1 is 0.321 bits per heavy atom. The Hall–Kier alpha value is -7.84. The number of carboxylic acids is 14. The smallest absolute Gasteiger partial charge is 0.331 e. The molecule has 0 aliphatic heterocycles. The van der Waals surface area contributed by atoms with Crippen LogP contribution < -0.4 is 5.73 Å². The molecule has 0 aliphatic rings. The van der Waals surface area contributed by atoms with Gasteiger partial charge in [-0.2, -0.15) is 0 Å². The molecular formula is C49H87N3O29. The first-order valence-electron chi connectivity index (χ1n) is 25.1. The molecule has 17 N–H and O–H groups in total. The molecule has 0 fully saturated rings. The lowest BCUT2D eigenvalue weighted by Gasteiger charge is -2.23. The lowest BCUT2D eigenvalue weighted by molar-refractivity contribution is -0.148. The lowest BCUT2D eigenvalue weighted by Crippen LogP contribution is -2.43. The molecule has 0 aromatic rings. The first-order valence-corrected chi connectivity index (χ1v) is 25.1. The van der Waals surface area contributed by atoms with Crippen molar-refractivity contribution in [3.05, 3.63) is 12.2 Å². The van der Waals surface area contributed by atoms with E-state index in [4.69, 9.17) is 87.1 Å². The Bertz CT molecular complexity index is 1690. The predicted molar refractivity (Wildman–Crippen MR) is 283 cm³/mol. The van der Waals surface area contributed by atoms with Crippen molar-refractivity contribution in [1.82, 2.24) is 9.80 Å². The van der Waals surface area contributed by atoms with Crippen LogP contribution in [0.1, 0.15) is 162 Å². The van der Waals surface area contributed by atoms with Gasteiger partial charge in [0.2, 0.25) is 0 Å². The van der Waals surface area contributed by atoms with E-state index in [1.165, 1.54) is 38.5 Å². The van der Waals surface area contributed by atoms with E-state index in [9.17, 15) is 62.3 Å². The molecule has 0 heterocycles. The average Bonchev–Trinajstić information content (AvgIpc) is 3.31. The SMILES string of the molecule is C=C(CC(=O)O)C(=O)O.CCCC(=O)O.CCCCN.O=C(O)CC(=O)O.O=C(O)CCCCCC(=O)O.O=C(O)CCCCCCCCCCCCC(=O)O.O=C(O)CN(CCN(CC(=O)O)CC(=O)O)CC(=O)O.O=C(O)CO. The standard InChI is InChI=1S/C14H26O4.C10H16N2O8.C7H12O4.C5H6O4.C4H11N.C4H8O2.C3H4O4.C2H4O3/c15-13(16)11-9-7-5-3-1-2-4-6-8-10-12-14(17)18;13-7(14)3-11(4-8(15)16)1-2-12(5-9(17)18)6-10(19)20;8-6(9)4-2-1-3-5-7(10)11;1-3(5(8)9)2-4(6)7;1-2-3-4-5;1-2-3-4(5)6;4-2(5)1-3(6)7;3-1-2(4)5/h1-12H2,(H,15,16)(H,17,18);1-6H2,(H,13,14)(H,15,16)(H,17,18)(H,19,20);1-5H2,(H,8,9)(H,10,11);1-2H2,(H,6,7)(H,8,9);2-5H2,1H3;2-3H2,1H3,(H,5,6);1H2,(H,4,5)(H,6,7);3H,1H2,(H,4,5). The molecule has 0 rings (SSSR count). The second-order valence-corrected chi connectivity index (χ2v) is 16.4. The van der Waals surface area contributed by atoms with Crippen LogP contribution in [0, 0.1) is 0 Å². The largest absolute Gasteiger partial charge is 0.481 e. The summed E-state index contributed by atoms with van der Waals surface area (Å²) < 4.78 is 0. The summed E-state index contributed by atoms with van der Waals surface area (Å²) in [4.78, 5) is 142. The average molecular weight is 1180 g/mol. The summed E-state index contributed by atoms with van der Waals surface area (Å²) >= 11 is 0. The maximum absolute atomic E-state index is 10.6. The summed E-state index contributed by atoms with van der Waals surface area (Å²) in [6.45, 7) is 4.80. The predicted octanol–water partition coefficient (Wildman–Crippen LogP) is 3.20. The summed E-state index contributed by atoms with van der Waals surface area (Å²) in [5.74, 6) is -14.9. The zero-order valence-electron chi connectivity index (χ0n) is 46.0. The molecular weight excluding hydrogens is 1090 g/mol. The Labute approximate surface area is 468 Å². The Morgan fingerprint density at radius 2 is 0.556 bits per heavy atom. The number of nitrogens with two attached hydrogens (primary N) is 1. The summed E-state index contributed by atoms with van der Waals surface area (Å²) in [7, 11) is 0. The van der Waals surface area contributed by atoms with Gasteiger partial charge < -0.3 is 82.3 Å². The van der Waals surface area contributed by atoms with Crippen LogP contribution in [0.15, 0.2) is 12.2 Å². The van der Waals surface area contributed by atoms with Crippen LogP contribution in [0.25, 0.3) is 0 Å². The molecule has 0 spiro atoms. The van der Waals surface area contributed by atoms with Crippen LogP contribution in [0.5, 0.6) is 0 Å². The molecule has 0 unspecified atom stereocenters. The number of carboxylic acid groups (broad SMARTS) is 14. The van der Waals surface area contributed by atoms with Crippen molar-refractivity contribution < 1.29 is 144 Å². The molecule has 81 heavy (non-hydrogen) atoms. The molecule has 32 heteroatoms. The quantitative estimate of drug-likeness (QED) is 0.0238. The van der Waals surface area contributed by atoms with E-state index in [0.29, 0.717) is 38.5 Å². The summed E-state index contributed by atoms with van der Waals surface area (Å²) in [5.41, 5.74) is 4.84. The maximum atomic E-state index is 10.6. The number of carbonyl (C=O) groups is 14. The number of nitrogens with zero attached hydrogens (tertiary/aromatic N) is 2. The van der Waals surface area contributed by atoms with Gasteiger partial charge in [0, 0.05) is 50.8 Å². The second kappa shape index (κ2) is 66.4. The van der Waals surface area contributed by atoms with E-state index >= 15 is 0 Å². The van der Waals surface area contributed by atoms with E-state index in [0.717, 1.165) is 61.3 Å². The number of aliphatic carboxylic acids is 14. The highest BCUT2D eigenvalue weighted by Gasteiger charge is 2.18. The van der Waals surface area contributed by atoms with E-state index in [-0.39, 0.29) is 31.5 Å². The topological polar surface area (TPSA) is 575 Å². The molecule has 0 atom stereocenters. The third kappa shape index (κ3) is 117. The summed E-state index contributed by atoms with van der Waals surface area (Å²) in [5, 5.41) is 122. The highest BCUT2D eigenvalue weighted by atomic mass is 16.4. The van der Waals surface area contributed by atoms with Gasteiger partial charge in [-0.25, -0.2) is 9.59 Å². The number of unbranched alkanes of at least 4 members (excludes halogenated alkanes) is 12. The molecule has 32 nitrogen and oxygen atoms in total. The Morgan fingerprint density at radius 3 is 0.667 bits per heavy atom. The van der Waals surface area contributed by atoms with Gasteiger partial charge in [0.05, 0.1) is 32.6 Å². The highest BCUT2D eigenvalue weighted by Crippen LogP contribution is 2.12. The Balaban J connectivity index is -0.000000132. The summed E-state index contributed by atoms with van der Waals surface area (Å²) in [6.07, 6.45) is 15.5. The van der Waals surface area contributed by atoms with E-state index < -0.39 is 129 Å². The molecule has 0 radical (unpaired) electrons. The fourth-order valence-electron chi connectivity index (χ4n) is 4.98. The van der Waals surface area contributed by atoms with Crippen LogP contribution in [-0.2, 0) is 67.1 Å². The van der Waals surface area contributed by atoms with Gasteiger partial charge >= 0.3 is 83.6 Å². The fourth-order valence-corrected chi connectivity index (χ4v) is 4.98. The van der Waals surface area contributed by atoms with E-state index in [1.54, 1.807) is 0 Å². The number of aliphatic hydroxyl groups excluding tert-OH is 1. The Kier molecular flexibility index (Phi) is 73.6. The third-order valence-corrected chi connectivity index (χ3v) is 8.61. The first-order chi connectivity index (χ1) is 37.6. The molecule has 0 aromatic carbocycles. The number of hydrogen-bond donors (Lipinski definition) is 16. The second-order valence-electron chi connectivity index (χ2n) is 16.4. The van der Waals surface area contributed by atoms with Crippen LogP contribution >= 0.6 is 0 Å². The number of aliphatic hydroxyl groups is 1. The van der Waals surface area contributed by atoms with Gasteiger partial charge in [-0.3, -0.25) is 67.3 Å². The van der Waals surface area contributed by atoms with Crippen LogP contribution in [0.2, 0.25) is 0 Å². The van der Waals surface area contributed by atoms with Crippen molar-refractivity contribution in [2.45, 2.75) is 162 Å². The molecule has 0 saturated carbocycles. The van der Waals surface area contributed by atoms with Crippen LogP contribution in [0.3, 0.4) is 0 Å². The number of hydrogen-bond acceptors (Lipinski definition) is 18. The van der Waals surface area contributed by atoms with Crippen molar-refractivity contribution in [2.75, 3.05) is 52.4 Å². The van der Waals surface area contributed by atoms with Gasteiger partial charge in [-0.15, -0.1) is 0 Å². The minimum atomic E-state index is -1.31. The zero-order valence-corrected chi connectivity index (χ0v) is 46.0. The molecule has 0 aliphatic carbocycles. The monoisotopic (exact) mass is 1180 g/mol. The van der Waals surface area contributed by atoms with Gasteiger partial charge in [-0.1, -0.05) is 84.6 Å². The van der Waals surface area contributed by atoms with Gasteiger partial charge in [0.25, 0.3) is 0 Å². The van der Waals surface area contributed by atoms with Crippen molar-refractivity contribution in [2.24, 2.45) is 5.73 Å². The molecule has 472 valence electrons. The van der Waals surface area contributed by atoms with E-state index in [1.807, 2.05) is 6.92 Å². The zero-order chi connectivity index (χ0) is 64.7. The lowest BCUT2D eigenvalue weighted by atomic mass is 10.1. The molecule has 0 bridgehead atoms. The molecule has 0 aromatic heterocycles. The summed E-state index contributed by atoms with van der Waals surface area (Å²) in [6, 6.07) is 0. The van der Waals surface area contributed by atoms with E-state index in [2.05, 4.69) is 13.5 Å². The number of rotatable bonds is 40. The van der Waals surface area contributed by atoms with Gasteiger partial charge in [0.1, 0.15) is 13.0 Å². The minimum Gasteiger partial charge on any atom is -0.481 e. The first kappa shape index (κ1) is 89.7. The molecule has 0 amide bonds. The van der Waals surface area contributed by atoms with Crippen molar-refractivity contribution >= 4 is 83.6 Å². The third-order valence-electron chi connectivity index (χ3n) is 8.61. The van der Waals surface area contributed by atoms with Crippen LogP contribution in [-0.4, -0.2) is 222 Å². The highest BCUT2D eigenvalue weighted by molar-refractivity contribution is 5.91. The van der Waals surface area contributed by atoms with Gasteiger partial charge in [0.15, 0.2) is 0 Å². The van der Waals surface area contributed by atoms with Gasteiger partial charge in [-0.05, 0) is 45.1 Å². The van der Waals surface area contributed by atoms with Crippen LogP contribution in [0.4, 0.5) is 0 Å². The fraction of sp³-hybridized carbons (Fsp3) is 0.673. The maximum Gasteiger partial charge on any atom is 0.331 e. The van der Waals surface area contributed by atoms with Crippen molar-refractivity contribution in [3.63, 3.8) is 0 Å². The molecule has 0 saturated heterocycles.